The summed E-state index contributed by atoms with van der Waals surface area (Å²) in [5, 5.41) is 0. The molecule has 10 nitrogen and oxygen atoms in total. The summed E-state index contributed by atoms with van der Waals surface area (Å²) >= 11 is -0.574. The summed E-state index contributed by atoms with van der Waals surface area (Å²) in [6.45, 7) is 27.3. The summed E-state index contributed by atoms with van der Waals surface area (Å²) in [6, 6.07) is 0. The molecule has 0 bridgehead atoms. The van der Waals surface area contributed by atoms with Gasteiger partial charge in [-0.2, -0.15) is 0 Å². The molecule has 0 unspecified atom stereocenters. The van der Waals surface area contributed by atoms with E-state index in [9.17, 15) is 28.8 Å². The van der Waals surface area contributed by atoms with Gasteiger partial charge in [-0.1, -0.05) is 41.5 Å². The fraction of sp³-hybridized carbons (Fsp3) is 0.786. The van der Waals surface area contributed by atoms with Gasteiger partial charge in [0.05, 0.1) is 10.8 Å². The van der Waals surface area contributed by atoms with E-state index in [4.69, 9.17) is 6.64 Å². The molecule has 0 spiro atoms. The second-order valence-corrected chi connectivity index (χ2v) is 14.4. The molecule has 0 aliphatic heterocycles. The van der Waals surface area contributed by atoms with Gasteiger partial charge in [0.2, 0.25) is 11.6 Å². The zero-order valence-corrected chi connectivity index (χ0v) is 28.3. The van der Waals surface area contributed by atoms with E-state index in [2.05, 4.69) is 9.47 Å². The van der Waals surface area contributed by atoms with Crippen LogP contribution in [0, 0.1) is 21.7 Å². The number of hydrogen-bond acceptors (Lipinski definition) is 10. The van der Waals surface area contributed by atoms with Crippen LogP contribution in [0.2, 0.25) is 0 Å². The molecule has 0 N–H and O–H groups in total. The number of ketones is 2. The summed E-state index contributed by atoms with van der Waals surface area (Å²) in [4.78, 5) is 67.9. The van der Waals surface area contributed by atoms with Crippen LogP contribution in [0.15, 0.2) is 0 Å². The third-order valence-electron chi connectivity index (χ3n) is 3.90. The number of carbonyl (C=O) groups is 6. The molecule has 0 aliphatic carbocycles. The molecule has 39 heavy (non-hydrogen) atoms. The number of carbonyl (C=O) groups excluding carboxylic acids is 6. The Labute approximate surface area is 244 Å². The molecule has 0 heterocycles. The normalized spacial score (nSPS) is 11.8. The first-order chi connectivity index (χ1) is 17.0. The molecular formula is C28H50O10Ti. The number of hydrogen-bond donors (Lipinski definition) is 0. The van der Waals surface area contributed by atoms with E-state index >= 15 is 0 Å². The summed E-state index contributed by atoms with van der Waals surface area (Å²) in [7, 11) is 0. The fourth-order valence-corrected chi connectivity index (χ4v) is 2.09. The van der Waals surface area contributed by atoms with Crippen molar-refractivity contribution in [1.82, 2.24) is 0 Å². The van der Waals surface area contributed by atoms with Crippen molar-refractivity contribution in [3.05, 3.63) is 0 Å². The molecule has 0 amide bonds. The maximum absolute atomic E-state index is 11.4. The van der Waals surface area contributed by atoms with Crippen molar-refractivity contribution < 1.29 is 64.8 Å². The van der Waals surface area contributed by atoms with Crippen LogP contribution in [0.5, 0.6) is 0 Å². The Hall–Kier alpha value is -1.75. The van der Waals surface area contributed by atoms with E-state index in [1.807, 2.05) is 27.7 Å². The molecule has 0 rings (SSSR count). The summed E-state index contributed by atoms with van der Waals surface area (Å²) in [5.74, 6) is -4.93. The van der Waals surface area contributed by atoms with Crippen LogP contribution in [0.3, 0.4) is 0 Å². The summed E-state index contributed by atoms with van der Waals surface area (Å²) in [6.07, 6.45) is 0.646. The van der Waals surface area contributed by atoms with Crippen molar-refractivity contribution in [2.24, 2.45) is 21.7 Å². The maximum atomic E-state index is 11.4. The van der Waals surface area contributed by atoms with E-state index in [1.54, 1.807) is 83.1 Å². The van der Waals surface area contributed by atoms with Crippen LogP contribution in [-0.2, 0) is 64.8 Å². The molecule has 0 aliphatic rings. The molecule has 0 saturated heterocycles. The average Bonchev–Trinajstić information content (AvgIpc) is 2.70. The average molecular weight is 595 g/mol. The third kappa shape index (κ3) is 21.7. The minimum absolute atomic E-state index is 0.323. The van der Waals surface area contributed by atoms with E-state index < -0.39 is 77.0 Å². The van der Waals surface area contributed by atoms with Crippen molar-refractivity contribution in [3.63, 3.8) is 0 Å². The van der Waals surface area contributed by atoms with Crippen LogP contribution in [0.4, 0.5) is 0 Å². The quantitative estimate of drug-likeness (QED) is 0.175. The van der Waals surface area contributed by atoms with E-state index in [0.29, 0.717) is 12.2 Å². The number of ether oxygens (including phenoxy) is 2. The first kappa shape index (κ1) is 41.7. The van der Waals surface area contributed by atoms with Crippen molar-refractivity contribution in [1.29, 1.82) is 0 Å². The number of rotatable bonds is 6. The molecule has 0 radical (unpaired) electrons. The van der Waals surface area contributed by atoms with E-state index in [0.717, 1.165) is 0 Å². The molecule has 226 valence electrons. The second-order valence-electron chi connectivity index (χ2n) is 13.4. The van der Waals surface area contributed by atoms with Crippen LogP contribution in [-0.4, -0.2) is 47.7 Å². The molecule has 0 fully saturated rings. The van der Waals surface area contributed by atoms with Gasteiger partial charge in [0.25, 0.3) is 0 Å². The van der Waals surface area contributed by atoms with E-state index in [1.165, 1.54) is 0 Å². The molecular weight excluding hydrogens is 544 g/mol. The van der Waals surface area contributed by atoms with Crippen molar-refractivity contribution in [3.8, 4) is 0 Å². The van der Waals surface area contributed by atoms with Gasteiger partial charge in [-0.25, -0.2) is 9.59 Å². The molecule has 0 aromatic carbocycles. The van der Waals surface area contributed by atoms with Gasteiger partial charge in [-0.05, 0) is 41.5 Å². The summed E-state index contributed by atoms with van der Waals surface area (Å²) in [5.41, 5.74) is -3.22. The van der Waals surface area contributed by atoms with E-state index in [-0.39, 0.29) is 0 Å². The fourth-order valence-electron chi connectivity index (χ4n) is 1.40. The molecule has 0 atom stereocenters. The Balaban J connectivity index is -0.000000516. The molecule has 0 aromatic heterocycles. The van der Waals surface area contributed by atoms with Crippen LogP contribution < -0.4 is 0 Å². The Morgan fingerprint density at radius 2 is 0.692 bits per heavy atom. The van der Waals surface area contributed by atoms with Crippen molar-refractivity contribution >= 4 is 35.4 Å². The second kappa shape index (κ2) is 17.2. The third-order valence-corrected chi connectivity index (χ3v) is 5.67. The van der Waals surface area contributed by atoms with Gasteiger partial charge in [-0.3, -0.25) is 19.2 Å². The topological polar surface area (TPSA) is 139 Å². The first-order valence-corrected chi connectivity index (χ1v) is 14.0. The van der Waals surface area contributed by atoms with Crippen LogP contribution in [0.1, 0.15) is 111 Å². The predicted molar refractivity (Wildman–Crippen MR) is 142 cm³/mol. The molecule has 0 aromatic rings. The van der Waals surface area contributed by atoms with Gasteiger partial charge >= 0.3 is 90.3 Å². The molecule has 11 heteroatoms. The summed E-state index contributed by atoms with van der Waals surface area (Å²) < 4.78 is 19.5. The van der Waals surface area contributed by atoms with Gasteiger partial charge in [0.15, 0.2) is 0 Å². The first-order valence-electron chi connectivity index (χ1n) is 12.7. The Morgan fingerprint density at radius 1 is 0.462 bits per heavy atom. The Morgan fingerprint density at radius 3 is 0.846 bits per heavy atom. The number of esters is 4. The van der Waals surface area contributed by atoms with Gasteiger partial charge in [0, 0.05) is 10.8 Å². The Bertz CT molecular complexity index is 776. The predicted octanol–water partition coefficient (Wildman–Crippen LogP) is 5.18. The standard InChI is InChI=1S/2C11H18O4.2C3H7O.Ti/c2*1-10(2,3)7(12)8(13)15-9(14)11(4,5)6;2*1-3(2)4;/h2*1-6H3;2*3H,1-2H3;/q;;2*-1;+2. The Kier molecular flexibility index (Phi) is 18.4. The minimum atomic E-state index is -1.08. The zero-order valence-electron chi connectivity index (χ0n) is 26.7. The van der Waals surface area contributed by atoms with Crippen molar-refractivity contribution in [2.75, 3.05) is 0 Å². The SMILES string of the molecule is CC(C)(C)C(=O)OC(=O)C(=O)C(C)(C)C.CC(C)(C)C(=O)OC(=O)C(=O)C(C)(C)C.CC(C)[O][Ti][O]C(C)C. The van der Waals surface area contributed by atoms with Crippen LogP contribution in [0.25, 0.3) is 0 Å². The van der Waals surface area contributed by atoms with Gasteiger partial charge < -0.3 is 9.47 Å². The van der Waals surface area contributed by atoms with Gasteiger partial charge in [-0.15, -0.1) is 0 Å². The van der Waals surface area contributed by atoms with Gasteiger partial charge in [0.1, 0.15) is 0 Å². The molecule has 0 saturated carbocycles. The van der Waals surface area contributed by atoms with Crippen LogP contribution >= 0.6 is 0 Å². The monoisotopic (exact) mass is 594 g/mol. The zero-order chi connectivity index (χ0) is 32.2. The van der Waals surface area contributed by atoms with Crippen molar-refractivity contribution in [2.45, 2.75) is 123 Å². The number of Topliss-reactive ketones (excluding diaryl/α,β-unsaturated/α-hetero) is 2.